The fourth-order valence-corrected chi connectivity index (χ4v) is 5.46. The molecule has 1 N–H and O–H groups in total. The molecule has 0 amide bonds. The van der Waals surface area contributed by atoms with Crippen LogP contribution in [0.15, 0.2) is 36.4 Å². The molecule has 2 aromatic carbocycles. The topological polar surface area (TPSA) is 23.5 Å². The van der Waals surface area contributed by atoms with Crippen LogP contribution in [0.1, 0.15) is 45.6 Å². The Labute approximate surface area is 139 Å². The molecule has 1 saturated heterocycles. The predicted molar refractivity (Wildman–Crippen MR) is 95.5 cm³/mol. The molecule has 0 aromatic heterocycles. The van der Waals surface area contributed by atoms with Gasteiger partial charge < -0.3 is 5.11 Å². The van der Waals surface area contributed by atoms with Crippen molar-refractivity contribution in [2.75, 3.05) is 6.54 Å². The maximum Gasteiger partial charge on any atom is 0.120 e. The van der Waals surface area contributed by atoms with E-state index in [2.05, 4.69) is 49.9 Å². The van der Waals surface area contributed by atoms with Gasteiger partial charge in [0.15, 0.2) is 0 Å². The Morgan fingerprint density at radius 1 is 1.09 bits per heavy atom. The summed E-state index contributed by atoms with van der Waals surface area (Å²) in [5, 5.41) is 12.9. The normalized spacial score (nSPS) is 30.0. The van der Waals surface area contributed by atoms with Gasteiger partial charge >= 0.3 is 0 Å². The Morgan fingerprint density at radius 2 is 1.87 bits per heavy atom. The molecule has 0 unspecified atom stereocenters. The minimum absolute atomic E-state index is 0.437. The number of hydrogen-bond donors (Lipinski definition) is 1. The van der Waals surface area contributed by atoms with Gasteiger partial charge in [-0.2, -0.15) is 0 Å². The Hall–Kier alpha value is -1.54. The Morgan fingerprint density at radius 3 is 2.70 bits per heavy atom. The maximum atomic E-state index is 10.4. The second-order valence-electron chi connectivity index (χ2n) is 8.90. The van der Waals surface area contributed by atoms with Gasteiger partial charge in [0.1, 0.15) is 5.75 Å². The number of phenolic OH excluding ortho intramolecular Hbond substituents is 1. The van der Waals surface area contributed by atoms with Crippen LogP contribution in [0.5, 0.6) is 5.75 Å². The smallest absolute Gasteiger partial charge is 0.120 e. The largest absolute Gasteiger partial charge is 0.508 e. The molecule has 0 radical (unpaired) electrons. The minimum Gasteiger partial charge on any atom is -0.508 e. The van der Waals surface area contributed by atoms with Crippen molar-refractivity contribution in [1.29, 1.82) is 0 Å². The second kappa shape index (κ2) is 4.98. The maximum absolute atomic E-state index is 10.4. The van der Waals surface area contributed by atoms with Crippen LogP contribution >= 0.6 is 0 Å². The average Bonchev–Trinajstić information content (AvgIpc) is 2.70. The number of nitrogens with zero attached hydrogens (tertiary/aromatic N) is 1. The van der Waals surface area contributed by atoms with Gasteiger partial charge in [-0.25, -0.2) is 0 Å². The van der Waals surface area contributed by atoms with Gasteiger partial charge in [-0.05, 0) is 46.9 Å². The molecular weight excluding hydrogens is 282 g/mol. The lowest BCUT2D eigenvalue weighted by atomic mass is 9.65. The number of phenols is 1. The molecule has 2 nitrogen and oxygen atoms in total. The van der Waals surface area contributed by atoms with Crippen molar-refractivity contribution in [2.24, 2.45) is 10.8 Å². The molecule has 0 spiro atoms. The van der Waals surface area contributed by atoms with E-state index >= 15 is 0 Å². The summed E-state index contributed by atoms with van der Waals surface area (Å²) in [5.74, 6) is 0.439. The third-order valence-electron chi connectivity index (χ3n) is 5.90. The minimum atomic E-state index is 0.437. The molecule has 2 atom stereocenters. The Balaban J connectivity index is 1.68. The highest BCUT2D eigenvalue weighted by Crippen LogP contribution is 2.53. The van der Waals surface area contributed by atoms with Crippen LogP contribution in [0.2, 0.25) is 0 Å². The lowest BCUT2D eigenvalue weighted by molar-refractivity contribution is 0.126. The molecule has 23 heavy (non-hydrogen) atoms. The molecule has 2 fully saturated rings. The van der Waals surface area contributed by atoms with Gasteiger partial charge in [-0.15, -0.1) is 0 Å². The number of rotatable bonds is 2. The highest BCUT2D eigenvalue weighted by atomic mass is 16.3. The number of likely N-dealkylation sites (tertiary alicyclic amines) is 1. The average molecular weight is 309 g/mol. The van der Waals surface area contributed by atoms with Gasteiger partial charge in [0.25, 0.3) is 0 Å². The molecular formula is C21H27NO. The van der Waals surface area contributed by atoms with E-state index < -0.39 is 0 Å². The van der Waals surface area contributed by atoms with Crippen LogP contribution in [-0.2, 0) is 6.54 Å². The van der Waals surface area contributed by atoms with Crippen molar-refractivity contribution in [3.05, 3.63) is 42.0 Å². The quantitative estimate of drug-likeness (QED) is 0.849. The summed E-state index contributed by atoms with van der Waals surface area (Å²) in [6.45, 7) is 9.30. The summed E-state index contributed by atoms with van der Waals surface area (Å²) in [6, 6.07) is 12.9. The van der Waals surface area contributed by atoms with Gasteiger partial charge in [-0.1, -0.05) is 51.1 Å². The number of aromatic hydroxyl groups is 1. The van der Waals surface area contributed by atoms with E-state index in [4.69, 9.17) is 0 Å². The van der Waals surface area contributed by atoms with Crippen molar-refractivity contribution in [3.63, 3.8) is 0 Å². The van der Waals surface area contributed by atoms with Crippen molar-refractivity contribution < 1.29 is 5.11 Å². The zero-order chi connectivity index (χ0) is 16.2. The summed E-state index contributed by atoms with van der Waals surface area (Å²) in [5.41, 5.74) is 1.97. The van der Waals surface area contributed by atoms with Crippen molar-refractivity contribution in [2.45, 2.75) is 52.6 Å². The second-order valence-corrected chi connectivity index (χ2v) is 8.90. The zero-order valence-electron chi connectivity index (χ0n) is 14.5. The van der Waals surface area contributed by atoms with Crippen molar-refractivity contribution >= 4 is 10.8 Å². The Bertz CT molecular complexity index is 751. The summed E-state index contributed by atoms with van der Waals surface area (Å²) in [4.78, 5) is 2.62. The van der Waals surface area contributed by atoms with E-state index in [-0.39, 0.29) is 0 Å². The van der Waals surface area contributed by atoms with E-state index in [0.29, 0.717) is 22.6 Å². The molecule has 2 aromatic rings. The first-order valence-corrected chi connectivity index (χ1v) is 8.79. The molecule has 2 heteroatoms. The third kappa shape index (κ3) is 2.63. The van der Waals surface area contributed by atoms with Gasteiger partial charge in [0.05, 0.1) is 0 Å². The van der Waals surface area contributed by atoms with Crippen LogP contribution in [-0.4, -0.2) is 22.6 Å². The molecule has 2 bridgehead atoms. The summed E-state index contributed by atoms with van der Waals surface area (Å²) >= 11 is 0. The van der Waals surface area contributed by atoms with E-state index in [1.807, 2.05) is 12.1 Å². The first-order chi connectivity index (χ1) is 10.9. The highest BCUT2D eigenvalue weighted by molar-refractivity contribution is 5.87. The lowest BCUT2D eigenvalue weighted by Gasteiger charge is -2.40. The first kappa shape index (κ1) is 15.0. The SMILES string of the molecule is CC1(C)C[C@@H]2C[C@@](C)(CN2Cc2c(O)ccc3ccccc23)C1. The van der Waals surface area contributed by atoms with E-state index in [1.54, 1.807) is 0 Å². The molecule has 1 aliphatic carbocycles. The fourth-order valence-electron chi connectivity index (χ4n) is 5.46. The highest BCUT2D eigenvalue weighted by Gasteiger charge is 2.49. The number of benzene rings is 2. The van der Waals surface area contributed by atoms with Crippen LogP contribution in [0.4, 0.5) is 0 Å². The van der Waals surface area contributed by atoms with E-state index in [0.717, 1.165) is 18.7 Å². The summed E-state index contributed by atoms with van der Waals surface area (Å²) in [7, 11) is 0. The zero-order valence-corrected chi connectivity index (χ0v) is 14.5. The number of fused-ring (bicyclic) bond motifs is 3. The van der Waals surface area contributed by atoms with Gasteiger partial charge in [0.2, 0.25) is 0 Å². The lowest BCUT2D eigenvalue weighted by Crippen LogP contribution is -2.34. The van der Waals surface area contributed by atoms with E-state index in [9.17, 15) is 5.11 Å². The standard InChI is InChI=1S/C21H27NO/c1-20(2)10-16-11-21(3,13-20)14-22(16)12-18-17-7-5-4-6-15(17)8-9-19(18)23/h4-9,16,23H,10-14H2,1-3H3/t16-,21-/m1/s1. The van der Waals surface area contributed by atoms with E-state index in [1.165, 1.54) is 30.0 Å². The monoisotopic (exact) mass is 309 g/mol. The molecule has 1 saturated carbocycles. The predicted octanol–water partition coefficient (Wildman–Crippen LogP) is 4.95. The van der Waals surface area contributed by atoms with Crippen LogP contribution in [0.3, 0.4) is 0 Å². The van der Waals surface area contributed by atoms with Crippen LogP contribution < -0.4 is 0 Å². The van der Waals surface area contributed by atoms with Crippen molar-refractivity contribution in [3.8, 4) is 5.75 Å². The molecule has 2 aliphatic rings. The van der Waals surface area contributed by atoms with Gasteiger partial charge in [0, 0.05) is 24.7 Å². The van der Waals surface area contributed by atoms with Crippen molar-refractivity contribution in [1.82, 2.24) is 4.90 Å². The molecule has 1 aliphatic heterocycles. The van der Waals surface area contributed by atoms with Crippen LogP contribution in [0.25, 0.3) is 10.8 Å². The first-order valence-electron chi connectivity index (χ1n) is 8.79. The molecule has 122 valence electrons. The van der Waals surface area contributed by atoms with Gasteiger partial charge in [-0.3, -0.25) is 4.90 Å². The molecule has 4 rings (SSSR count). The fraction of sp³-hybridized carbons (Fsp3) is 0.524. The number of hydrogen-bond acceptors (Lipinski definition) is 2. The third-order valence-corrected chi connectivity index (χ3v) is 5.90. The Kier molecular flexibility index (Phi) is 3.25. The summed E-state index contributed by atoms with van der Waals surface area (Å²) < 4.78 is 0. The van der Waals surface area contributed by atoms with Crippen LogP contribution in [0, 0.1) is 10.8 Å². The molecule has 1 heterocycles. The summed E-state index contributed by atoms with van der Waals surface area (Å²) in [6.07, 6.45) is 3.89.